The molecule has 1 aliphatic heterocycles. The number of aryl methyl sites for hydroxylation is 2. The van der Waals surface area contributed by atoms with Crippen molar-refractivity contribution in [2.75, 3.05) is 13.1 Å². The maximum absolute atomic E-state index is 12.8. The van der Waals surface area contributed by atoms with Gasteiger partial charge in [-0.2, -0.15) is 0 Å². The largest absolute Gasteiger partial charge is 0.480 e. The molecule has 0 aliphatic carbocycles. The maximum atomic E-state index is 12.8. The molecule has 1 atom stereocenters. The second-order valence-corrected chi connectivity index (χ2v) is 7.75. The highest BCUT2D eigenvalue weighted by Crippen LogP contribution is 2.21. The lowest BCUT2D eigenvalue weighted by Crippen LogP contribution is -2.38. The lowest BCUT2D eigenvalue weighted by molar-refractivity contribution is -0.128. The highest BCUT2D eigenvalue weighted by atomic mass is 16.5. The van der Waals surface area contributed by atoms with E-state index in [1.165, 1.54) is 37.1 Å². The summed E-state index contributed by atoms with van der Waals surface area (Å²) in [6.45, 7) is 9.86. The van der Waals surface area contributed by atoms with E-state index >= 15 is 0 Å². The molecular formula is C24H32N2O2. The van der Waals surface area contributed by atoms with Crippen LogP contribution in [0.3, 0.4) is 0 Å². The first-order chi connectivity index (χ1) is 13.6. The molecule has 4 nitrogen and oxygen atoms in total. The number of hydrogen-bond acceptors (Lipinski definition) is 3. The number of nitrogens with one attached hydrogen (secondary N) is 1. The zero-order valence-corrected chi connectivity index (χ0v) is 17.3. The lowest BCUT2D eigenvalue weighted by atomic mass is 10.1. The molecule has 3 rings (SSSR count). The van der Waals surface area contributed by atoms with Gasteiger partial charge < -0.3 is 10.1 Å². The van der Waals surface area contributed by atoms with Crippen LogP contribution < -0.4 is 10.1 Å². The Morgan fingerprint density at radius 1 is 1.11 bits per heavy atom. The monoisotopic (exact) mass is 380 g/mol. The standard InChI is InChI=1S/C24H32N2O2/c1-4-22(28-23-15-18(2)11-12-19(23)3)24(27)25-16-20-9-5-6-10-21(20)17-26-13-7-8-14-26/h5-6,9-12,15,22H,4,7-8,13-14,16-17H2,1-3H3,(H,25,27)/t22-/m0/s1. The van der Waals surface area contributed by atoms with Crippen LogP contribution in [0.15, 0.2) is 42.5 Å². The first-order valence-corrected chi connectivity index (χ1v) is 10.4. The van der Waals surface area contributed by atoms with Crippen LogP contribution in [0.25, 0.3) is 0 Å². The minimum Gasteiger partial charge on any atom is -0.480 e. The third kappa shape index (κ3) is 5.35. The number of carbonyl (C=O) groups is 1. The summed E-state index contributed by atoms with van der Waals surface area (Å²) in [7, 11) is 0. The van der Waals surface area contributed by atoms with Crippen molar-refractivity contribution in [3.05, 3.63) is 64.7 Å². The third-order valence-corrected chi connectivity index (χ3v) is 5.44. The van der Waals surface area contributed by atoms with Gasteiger partial charge in [-0.25, -0.2) is 0 Å². The van der Waals surface area contributed by atoms with E-state index in [-0.39, 0.29) is 5.91 Å². The van der Waals surface area contributed by atoms with Gasteiger partial charge in [-0.1, -0.05) is 43.3 Å². The van der Waals surface area contributed by atoms with Crippen LogP contribution in [0, 0.1) is 13.8 Å². The number of ether oxygens (including phenoxy) is 1. The van der Waals surface area contributed by atoms with Gasteiger partial charge in [0.05, 0.1) is 0 Å². The molecule has 4 heteroatoms. The summed E-state index contributed by atoms with van der Waals surface area (Å²) in [5.74, 6) is 0.732. The summed E-state index contributed by atoms with van der Waals surface area (Å²) in [6.07, 6.45) is 2.72. The molecule has 0 radical (unpaired) electrons. The highest BCUT2D eigenvalue weighted by molar-refractivity contribution is 5.81. The summed E-state index contributed by atoms with van der Waals surface area (Å²) < 4.78 is 6.04. The van der Waals surface area contributed by atoms with Gasteiger partial charge in [-0.3, -0.25) is 9.69 Å². The van der Waals surface area contributed by atoms with E-state index in [1.807, 2.05) is 39.0 Å². The molecule has 0 bridgehead atoms. The van der Waals surface area contributed by atoms with Crippen LogP contribution in [-0.2, 0) is 17.9 Å². The Bertz CT molecular complexity index is 797. The van der Waals surface area contributed by atoms with Crippen molar-refractivity contribution < 1.29 is 9.53 Å². The van der Waals surface area contributed by atoms with Crippen molar-refractivity contribution >= 4 is 5.91 Å². The first kappa shape index (κ1) is 20.4. The molecule has 28 heavy (non-hydrogen) atoms. The van der Waals surface area contributed by atoms with Crippen molar-refractivity contribution in [1.82, 2.24) is 10.2 Å². The zero-order chi connectivity index (χ0) is 19.9. The van der Waals surface area contributed by atoms with E-state index < -0.39 is 6.10 Å². The fourth-order valence-corrected chi connectivity index (χ4v) is 3.67. The van der Waals surface area contributed by atoms with Crippen molar-refractivity contribution in [1.29, 1.82) is 0 Å². The molecule has 2 aromatic carbocycles. The van der Waals surface area contributed by atoms with E-state index in [0.29, 0.717) is 13.0 Å². The van der Waals surface area contributed by atoms with Gasteiger partial charge in [-0.15, -0.1) is 0 Å². The molecule has 2 aromatic rings. The normalized spacial score (nSPS) is 15.4. The topological polar surface area (TPSA) is 41.6 Å². The molecule has 0 aromatic heterocycles. The Morgan fingerprint density at radius 2 is 1.82 bits per heavy atom. The average Bonchev–Trinajstić information content (AvgIpc) is 3.20. The minimum absolute atomic E-state index is 0.0561. The fraction of sp³-hybridized carbons (Fsp3) is 0.458. The van der Waals surface area contributed by atoms with Crippen LogP contribution in [0.1, 0.15) is 48.4 Å². The van der Waals surface area contributed by atoms with Crippen molar-refractivity contribution in [2.24, 2.45) is 0 Å². The number of nitrogens with zero attached hydrogens (tertiary/aromatic N) is 1. The predicted molar refractivity (Wildman–Crippen MR) is 113 cm³/mol. The van der Waals surface area contributed by atoms with Crippen molar-refractivity contribution in [3.63, 3.8) is 0 Å². The molecule has 0 spiro atoms. The Labute approximate surface area is 168 Å². The Kier molecular flexibility index (Phi) is 7.10. The molecular weight excluding hydrogens is 348 g/mol. The summed E-state index contributed by atoms with van der Waals surface area (Å²) in [5, 5.41) is 3.09. The number of hydrogen-bond donors (Lipinski definition) is 1. The number of benzene rings is 2. The Hall–Kier alpha value is -2.33. The van der Waals surface area contributed by atoms with Gasteiger partial charge >= 0.3 is 0 Å². The van der Waals surface area contributed by atoms with Gasteiger partial charge in [0.2, 0.25) is 0 Å². The molecule has 1 amide bonds. The van der Waals surface area contributed by atoms with Gasteiger partial charge in [0.25, 0.3) is 5.91 Å². The Balaban J connectivity index is 1.61. The van der Waals surface area contributed by atoms with Gasteiger partial charge in [0, 0.05) is 13.1 Å². The summed E-state index contributed by atoms with van der Waals surface area (Å²) in [6, 6.07) is 14.5. The van der Waals surface area contributed by atoms with E-state index in [0.717, 1.165) is 23.4 Å². The smallest absolute Gasteiger partial charge is 0.261 e. The molecule has 1 heterocycles. The lowest BCUT2D eigenvalue weighted by Gasteiger charge is -2.20. The van der Waals surface area contributed by atoms with Crippen LogP contribution in [-0.4, -0.2) is 30.0 Å². The predicted octanol–water partition coefficient (Wildman–Crippen LogP) is 4.37. The quantitative estimate of drug-likeness (QED) is 0.739. The van der Waals surface area contributed by atoms with E-state index in [9.17, 15) is 4.79 Å². The number of amides is 1. The van der Waals surface area contributed by atoms with Gasteiger partial charge in [0.15, 0.2) is 6.10 Å². The van der Waals surface area contributed by atoms with Crippen LogP contribution >= 0.6 is 0 Å². The Morgan fingerprint density at radius 3 is 2.54 bits per heavy atom. The SMILES string of the molecule is CC[C@H](Oc1cc(C)ccc1C)C(=O)NCc1ccccc1CN1CCCC1. The van der Waals surface area contributed by atoms with E-state index in [2.05, 4.69) is 34.5 Å². The van der Waals surface area contributed by atoms with Crippen LogP contribution in [0.2, 0.25) is 0 Å². The van der Waals surface area contributed by atoms with Crippen LogP contribution in [0.4, 0.5) is 0 Å². The average molecular weight is 381 g/mol. The van der Waals surface area contributed by atoms with E-state index in [4.69, 9.17) is 4.74 Å². The van der Waals surface area contributed by atoms with Crippen molar-refractivity contribution in [2.45, 2.75) is 59.2 Å². The minimum atomic E-state index is -0.480. The third-order valence-electron chi connectivity index (χ3n) is 5.44. The number of rotatable bonds is 8. The van der Waals surface area contributed by atoms with Gasteiger partial charge in [-0.05, 0) is 74.5 Å². The second-order valence-electron chi connectivity index (χ2n) is 7.75. The summed E-state index contributed by atoms with van der Waals surface area (Å²) in [5.41, 5.74) is 4.66. The number of carbonyl (C=O) groups excluding carboxylic acids is 1. The molecule has 0 unspecified atom stereocenters. The second kappa shape index (κ2) is 9.74. The summed E-state index contributed by atoms with van der Waals surface area (Å²) in [4.78, 5) is 15.2. The first-order valence-electron chi connectivity index (χ1n) is 10.4. The molecule has 150 valence electrons. The summed E-state index contributed by atoms with van der Waals surface area (Å²) >= 11 is 0. The number of likely N-dealkylation sites (tertiary alicyclic amines) is 1. The zero-order valence-electron chi connectivity index (χ0n) is 17.3. The molecule has 0 saturated carbocycles. The highest BCUT2D eigenvalue weighted by Gasteiger charge is 2.20. The molecule has 1 N–H and O–H groups in total. The molecule has 1 saturated heterocycles. The van der Waals surface area contributed by atoms with E-state index in [1.54, 1.807) is 0 Å². The molecule has 1 fully saturated rings. The van der Waals surface area contributed by atoms with Crippen LogP contribution in [0.5, 0.6) is 5.75 Å². The maximum Gasteiger partial charge on any atom is 0.261 e. The fourth-order valence-electron chi connectivity index (χ4n) is 3.67. The molecule has 1 aliphatic rings. The van der Waals surface area contributed by atoms with Gasteiger partial charge in [0.1, 0.15) is 5.75 Å². The van der Waals surface area contributed by atoms with Crippen molar-refractivity contribution in [3.8, 4) is 5.75 Å².